The molecule has 0 aliphatic carbocycles. The van der Waals surface area contributed by atoms with Crippen LogP contribution in [0.5, 0.6) is 0 Å². The number of alkyl halides is 1. The van der Waals surface area contributed by atoms with Gasteiger partial charge in [-0.25, -0.2) is 0 Å². The SMILES string of the molecule is C=CCCC(=O)NC[C@@H](C)OC(=O)[C@H]1[C@@H]2O[C@@]3(CC2Br)[C@@H]1C(=O)N([C@@H](CO)C(C)C)[C@@H]3C(=O)N(CC=C)CCCC. The summed E-state index contributed by atoms with van der Waals surface area (Å²) in [6.07, 6.45) is 4.90. The first-order valence-corrected chi connectivity index (χ1v) is 15.6. The molecule has 0 aromatic carbocycles. The lowest BCUT2D eigenvalue weighted by molar-refractivity contribution is -0.160. The van der Waals surface area contributed by atoms with Crippen LogP contribution in [0, 0.1) is 17.8 Å². The second-order valence-corrected chi connectivity index (χ2v) is 12.9. The van der Waals surface area contributed by atoms with E-state index in [1.807, 2.05) is 20.8 Å². The topological polar surface area (TPSA) is 125 Å². The number of nitrogens with one attached hydrogen (secondary N) is 1. The summed E-state index contributed by atoms with van der Waals surface area (Å²) in [6.45, 7) is 15.5. The van der Waals surface area contributed by atoms with Crippen molar-refractivity contribution in [2.75, 3.05) is 26.2 Å². The van der Waals surface area contributed by atoms with Gasteiger partial charge in [-0.15, -0.1) is 13.2 Å². The molecule has 3 saturated heterocycles. The van der Waals surface area contributed by atoms with Gasteiger partial charge in [-0.2, -0.15) is 0 Å². The van der Waals surface area contributed by atoms with Gasteiger partial charge >= 0.3 is 5.97 Å². The third-order valence-electron chi connectivity index (χ3n) is 8.47. The zero-order valence-electron chi connectivity index (χ0n) is 24.7. The summed E-state index contributed by atoms with van der Waals surface area (Å²) < 4.78 is 12.3. The van der Waals surface area contributed by atoms with E-state index >= 15 is 0 Å². The van der Waals surface area contributed by atoms with Gasteiger partial charge in [0.2, 0.25) is 17.7 Å². The Bertz CT molecular complexity index is 1010. The van der Waals surface area contributed by atoms with E-state index in [9.17, 15) is 24.3 Å². The third-order valence-corrected chi connectivity index (χ3v) is 9.31. The molecule has 0 radical (unpaired) electrons. The lowest BCUT2D eigenvalue weighted by atomic mass is 9.70. The normalized spacial score (nSPS) is 29.7. The molecule has 3 aliphatic heterocycles. The van der Waals surface area contributed by atoms with E-state index < -0.39 is 47.7 Å². The van der Waals surface area contributed by atoms with Crippen LogP contribution >= 0.6 is 15.9 Å². The van der Waals surface area contributed by atoms with Crippen molar-refractivity contribution in [2.45, 2.75) is 94.5 Å². The Labute approximate surface area is 252 Å². The summed E-state index contributed by atoms with van der Waals surface area (Å²) in [5.41, 5.74) is -1.24. The molecule has 0 aromatic heterocycles. The molecule has 0 saturated carbocycles. The standard InChI is InChI=1S/C30H46BrN3O7/c1-7-10-12-22(36)32-16-19(6)40-29(39)23-24-27(37)34(21(17-35)18(4)5)26(30(24)15-20(31)25(23)41-30)28(38)33(13-9-3)14-11-8-2/h7,9,18-21,23-26,35H,1,3,8,10-17H2,2,4-6H3,(H,32,36)/t19-,20?,21+,23-,24+,25-,26-,30+/m1/s1. The van der Waals surface area contributed by atoms with E-state index in [1.165, 1.54) is 4.90 Å². The van der Waals surface area contributed by atoms with E-state index in [-0.39, 0.29) is 41.6 Å². The number of halogens is 1. The number of esters is 1. The number of unbranched alkanes of at least 4 members (excludes halogenated alkanes) is 1. The van der Waals surface area contributed by atoms with Crippen LogP contribution < -0.4 is 5.32 Å². The van der Waals surface area contributed by atoms with Gasteiger partial charge in [-0.3, -0.25) is 19.2 Å². The van der Waals surface area contributed by atoms with Crippen LogP contribution in [0.25, 0.3) is 0 Å². The smallest absolute Gasteiger partial charge is 0.312 e. The Morgan fingerprint density at radius 1 is 1.29 bits per heavy atom. The number of hydrogen-bond acceptors (Lipinski definition) is 7. The molecule has 3 heterocycles. The van der Waals surface area contributed by atoms with E-state index in [0.29, 0.717) is 32.4 Å². The summed E-state index contributed by atoms with van der Waals surface area (Å²) in [7, 11) is 0. The maximum absolute atomic E-state index is 14.3. The summed E-state index contributed by atoms with van der Waals surface area (Å²) in [5, 5.41) is 13.1. The number of aliphatic hydroxyl groups excluding tert-OH is 1. The van der Waals surface area contributed by atoms with Gasteiger partial charge in [0.25, 0.3) is 0 Å². The quantitative estimate of drug-likeness (QED) is 0.151. The van der Waals surface area contributed by atoms with Gasteiger partial charge in [0.15, 0.2) is 0 Å². The van der Waals surface area contributed by atoms with Crippen molar-refractivity contribution in [2.24, 2.45) is 17.8 Å². The number of allylic oxidation sites excluding steroid dienone is 1. The number of ether oxygens (including phenoxy) is 2. The predicted molar refractivity (Wildman–Crippen MR) is 158 cm³/mol. The number of hydrogen-bond donors (Lipinski definition) is 2. The highest BCUT2D eigenvalue weighted by Crippen LogP contribution is 2.61. The first-order valence-electron chi connectivity index (χ1n) is 14.7. The molecule has 3 amide bonds. The molecule has 2 bridgehead atoms. The number of aliphatic hydroxyl groups is 1. The minimum Gasteiger partial charge on any atom is -0.460 e. The Morgan fingerprint density at radius 2 is 2.00 bits per heavy atom. The fourth-order valence-electron chi connectivity index (χ4n) is 6.46. The van der Waals surface area contributed by atoms with Crippen LogP contribution in [0.2, 0.25) is 0 Å². The minimum absolute atomic E-state index is 0.128. The van der Waals surface area contributed by atoms with Crippen LogP contribution in [-0.2, 0) is 28.7 Å². The van der Waals surface area contributed by atoms with E-state index in [1.54, 1.807) is 24.0 Å². The number of amides is 3. The van der Waals surface area contributed by atoms with Gasteiger partial charge in [0, 0.05) is 24.3 Å². The lowest BCUT2D eigenvalue weighted by Crippen LogP contribution is -2.60. The molecule has 2 N–H and O–H groups in total. The molecule has 41 heavy (non-hydrogen) atoms. The van der Waals surface area contributed by atoms with Crippen molar-refractivity contribution in [3.05, 3.63) is 25.3 Å². The van der Waals surface area contributed by atoms with Gasteiger partial charge in [0.1, 0.15) is 17.7 Å². The molecule has 11 heteroatoms. The maximum Gasteiger partial charge on any atom is 0.312 e. The molecule has 0 aromatic rings. The first-order chi connectivity index (χ1) is 19.5. The van der Waals surface area contributed by atoms with E-state index in [4.69, 9.17) is 9.47 Å². The molecule has 230 valence electrons. The Balaban J connectivity index is 1.94. The zero-order valence-corrected chi connectivity index (χ0v) is 26.3. The van der Waals surface area contributed by atoms with Gasteiger partial charge in [-0.1, -0.05) is 55.3 Å². The number of likely N-dealkylation sites (tertiary alicyclic amines) is 1. The number of carbonyl (C=O) groups excluding carboxylic acids is 4. The third kappa shape index (κ3) is 6.57. The van der Waals surface area contributed by atoms with Crippen molar-refractivity contribution < 1.29 is 33.8 Å². The van der Waals surface area contributed by atoms with Crippen molar-refractivity contribution in [3.63, 3.8) is 0 Å². The number of nitrogens with zero attached hydrogens (tertiary/aromatic N) is 2. The highest BCUT2D eigenvalue weighted by molar-refractivity contribution is 9.09. The molecule has 3 rings (SSSR count). The monoisotopic (exact) mass is 639 g/mol. The van der Waals surface area contributed by atoms with Gasteiger partial charge in [-0.05, 0) is 32.1 Å². The van der Waals surface area contributed by atoms with Crippen molar-refractivity contribution in [3.8, 4) is 0 Å². The lowest BCUT2D eigenvalue weighted by Gasteiger charge is -2.40. The summed E-state index contributed by atoms with van der Waals surface area (Å²) in [6, 6.07) is -1.63. The number of carbonyl (C=O) groups is 4. The second kappa shape index (κ2) is 14.3. The van der Waals surface area contributed by atoms with Gasteiger partial charge in [0.05, 0.1) is 37.1 Å². The van der Waals surface area contributed by atoms with Crippen LogP contribution in [0.1, 0.15) is 59.8 Å². The molecule has 1 unspecified atom stereocenters. The fraction of sp³-hybridized carbons (Fsp3) is 0.733. The summed E-state index contributed by atoms with van der Waals surface area (Å²) in [5.74, 6) is -3.42. The summed E-state index contributed by atoms with van der Waals surface area (Å²) >= 11 is 3.67. The first kappa shape index (κ1) is 33.3. The molecular formula is C30H46BrN3O7. The highest BCUT2D eigenvalue weighted by Gasteiger charge is 2.77. The number of rotatable bonds is 16. The van der Waals surface area contributed by atoms with Crippen molar-refractivity contribution >= 4 is 39.6 Å². The van der Waals surface area contributed by atoms with E-state index in [0.717, 1.165) is 12.8 Å². The van der Waals surface area contributed by atoms with Crippen LogP contribution in [-0.4, -0.2) is 99.6 Å². The second-order valence-electron chi connectivity index (χ2n) is 11.7. The van der Waals surface area contributed by atoms with E-state index in [2.05, 4.69) is 34.4 Å². The Morgan fingerprint density at radius 3 is 2.59 bits per heavy atom. The highest BCUT2D eigenvalue weighted by atomic mass is 79.9. The van der Waals surface area contributed by atoms with Crippen LogP contribution in [0.3, 0.4) is 0 Å². The maximum atomic E-state index is 14.3. The zero-order chi connectivity index (χ0) is 30.5. The van der Waals surface area contributed by atoms with Crippen LogP contribution in [0.4, 0.5) is 0 Å². The molecule has 8 atom stereocenters. The summed E-state index contributed by atoms with van der Waals surface area (Å²) in [4.78, 5) is 57.1. The molecule has 10 nitrogen and oxygen atoms in total. The molecule has 3 aliphatic rings. The minimum atomic E-state index is -1.24. The van der Waals surface area contributed by atoms with Crippen LogP contribution in [0.15, 0.2) is 25.3 Å². The number of fused-ring (bicyclic) bond motifs is 1. The van der Waals surface area contributed by atoms with Crippen molar-refractivity contribution in [1.82, 2.24) is 15.1 Å². The predicted octanol–water partition coefficient (Wildman–Crippen LogP) is 2.58. The largest absolute Gasteiger partial charge is 0.460 e. The van der Waals surface area contributed by atoms with Gasteiger partial charge < -0.3 is 29.7 Å². The molecule has 3 fully saturated rings. The fourth-order valence-corrected chi connectivity index (χ4v) is 7.40. The molecule has 1 spiro atoms. The Hall–Kier alpha value is -2.24. The average Bonchev–Trinajstić information content (AvgIpc) is 3.52. The average molecular weight is 641 g/mol. The molecular weight excluding hydrogens is 594 g/mol. The Kier molecular flexibility index (Phi) is 11.6. The van der Waals surface area contributed by atoms with Crippen molar-refractivity contribution in [1.29, 1.82) is 0 Å².